The van der Waals surface area contributed by atoms with Gasteiger partial charge in [0.1, 0.15) is 0 Å². The zero-order valence-electron chi connectivity index (χ0n) is 7.55. The van der Waals surface area contributed by atoms with Crippen LogP contribution in [-0.4, -0.2) is 24.1 Å². The molecule has 3 aliphatic rings. The largest absolute Gasteiger partial charge is 0.316 e. The first-order valence-corrected chi connectivity index (χ1v) is 6.90. The van der Waals surface area contributed by atoms with E-state index in [1.54, 1.807) is 5.57 Å². The van der Waals surface area contributed by atoms with E-state index in [-0.39, 0.29) is 0 Å². The molecule has 72 valence electrons. The van der Waals surface area contributed by atoms with E-state index in [9.17, 15) is 0 Å². The summed E-state index contributed by atoms with van der Waals surface area (Å²) in [5.41, 5.74) is 1.73. The first kappa shape index (κ1) is 8.81. The number of rotatable bonds is 0. The van der Waals surface area contributed by atoms with Crippen LogP contribution in [0.1, 0.15) is 12.8 Å². The van der Waals surface area contributed by atoms with Gasteiger partial charge in [0.05, 0.1) is 0 Å². The molecule has 2 fully saturated rings. The van der Waals surface area contributed by atoms with Crippen molar-refractivity contribution < 1.29 is 0 Å². The monoisotopic (exact) mass is 259 g/mol. The van der Waals surface area contributed by atoms with Gasteiger partial charge in [-0.05, 0) is 43.3 Å². The Morgan fingerprint density at radius 1 is 1.38 bits per heavy atom. The Labute approximate surface area is 91.9 Å². The quantitative estimate of drug-likeness (QED) is 0.717. The maximum atomic E-state index is 3.72. The van der Waals surface area contributed by atoms with Crippen molar-refractivity contribution in [2.45, 2.75) is 18.1 Å². The molecule has 13 heavy (non-hydrogen) atoms. The molecule has 0 radical (unpaired) electrons. The average molecular weight is 260 g/mol. The molecule has 0 aromatic heterocycles. The molecule has 0 bridgehead atoms. The van der Waals surface area contributed by atoms with Crippen molar-refractivity contribution in [3.05, 3.63) is 10.1 Å². The lowest BCUT2D eigenvalue weighted by molar-refractivity contribution is 0.359. The summed E-state index contributed by atoms with van der Waals surface area (Å²) in [5.74, 6) is 3.13. The molecule has 3 atom stereocenters. The lowest BCUT2D eigenvalue weighted by Crippen LogP contribution is -2.29. The summed E-state index contributed by atoms with van der Waals surface area (Å²) in [6, 6.07) is 0. The highest BCUT2D eigenvalue weighted by Crippen LogP contribution is 2.49. The molecule has 1 aliphatic carbocycles. The van der Waals surface area contributed by atoms with Gasteiger partial charge in [0.2, 0.25) is 0 Å². The summed E-state index contributed by atoms with van der Waals surface area (Å²) in [5, 5.41) is 4.39. The van der Waals surface area contributed by atoms with Crippen LogP contribution in [0.5, 0.6) is 0 Å². The summed E-state index contributed by atoms with van der Waals surface area (Å²) in [7, 11) is 0. The highest BCUT2D eigenvalue weighted by Gasteiger charge is 2.42. The molecule has 0 aromatic rings. The van der Waals surface area contributed by atoms with Gasteiger partial charge in [-0.2, -0.15) is 0 Å². The SMILES string of the molecule is BrC1=C2CCC3CNCC3C2SC1. The molecule has 0 spiro atoms. The van der Waals surface area contributed by atoms with E-state index in [1.165, 1.54) is 36.2 Å². The lowest BCUT2D eigenvalue weighted by Gasteiger charge is -2.32. The second kappa shape index (κ2) is 3.28. The zero-order chi connectivity index (χ0) is 8.84. The van der Waals surface area contributed by atoms with Crippen molar-refractivity contribution in [1.29, 1.82) is 0 Å². The summed E-state index contributed by atoms with van der Waals surface area (Å²) in [4.78, 5) is 0. The third-order valence-corrected chi connectivity index (χ3v) is 6.26. The third-order valence-electron chi connectivity index (χ3n) is 3.65. The van der Waals surface area contributed by atoms with Gasteiger partial charge in [-0.1, -0.05) is 15.9 Å². The molecule has 1 saturated heterocycles. The fraction of sp³-hybridized carbons (Fsp3) is 0.800. The third kappa shape index (κ3) is 1.31. The van der Waals surface area contributed by atoms with Gasteiger partial charge in [0.15, 0.2) is 0 Å². The molecule has 2 aliphatic heterocycles. The molecule has 3 rings (SSSR count). The van der Waals surface area contributed by atoms with Crippen molar-refractivity contribution in [2.75, 3.05) is 18.8 Å². The summed E-state index contributed by atoms with van der Waals surface area (Å²) < 4.78 is 1.51. The van der Waals surface area contributed by atoms with Crippen molar-refractivity contribution >= 4 is 27.7 Å². The standard InChI is InChI=1S/C10H14BrNS/c11-9-5-13-10-7(9)2-1-6-3-12-4-8(6)10/h6,8,10,12H,1-5H2. The maximum Gasteiger partial charge on any atom is 0.0314 e. The summed E-state index contributed by atoms with van der Waals surface area (Å²) >= 11 is 5.87. The van der Waals surface area contributed by atoms with Gasteiger partial charge in [-0.25, -0.2) is 0 Å². The van der Waals surface area contributed by atoms with Crippen LogP contribution in [-0.2, 0) is 0 Å². The topological polar surface area (TPSA) is 12.0 Å². The Morgan fingerprint density at radius 3 is 3.23 bits per heavy atom. The van der Waals surface area contributed by atoms with E-state index in [2.05, 4.69) is 33.0 Å². The minimum Gasteiger partial charge on any atom is -0.316 e. The molecule has 1 nitrogen and oxygen atoms in total. The van der Waals surface area contributed by atoms with Gasteiger partial charge in [-0.15, -0.1) is 11.8 Å². The summed E-state index contributed by atoms with van der Waals surface area (Å²) in [6.45, 7) is 2.53. The van der Waals surface area contributed by atoms with E-state index < -0.39 is 0 Å². The number of nitrogens with one attached hydrogen (secondary N) is 1. The van der Waals surface area contributed by atoms with Crippen molar-refractivity contribution in [3.8, 4) is 0 Å². The van der Waals surface area contributed by atoms with Crippen LogP contribution in [0.4, 0.5) is 0 Å². The Morgan fingerprint density at radius 2 is 2.31 bits per heavy atom. The number of hydrogen-bond donors (Lipinski definition) is 1. The van der Waals surface area contributed by atoms with Crippen LogP contribution in [0.2, 0.25) is 0 Å². The van der Waals surface area contributed by atoms with Crippen molar-refractivity contribution in [1.82, 2.24) is 5.32 Å². The Bertz CT molecular complexity index is 264. The fourth-order valence-corrected chi connectivity index (χ4v) is 5.47. The predicted octanol–water partition coefficient (Wildman–Crippen LogP) is 2.38. The molecule has 0 amide bonds. The molecular weight excluding hydrogens is 246 g/mol. The molecule has 1 N–H and O–H groups in total. The Hall–Kier alpha value is 0.530. The number of hydrogen-bond acceptors (Lipinski definition) is 2. The van der Waals surface area contributed by atoms with Gasteiger partial charge in [0, 0.05) is 15.5 Å². The molecule has 1 saturated carbocycles. The second-order valence-electron chi connectivity index (χ2n) is 4.28. The minimum absolute atomic E-state index is 0.850. The van der Waals surface area contributed by atoms with E-state index in [0.29, 0.717) is 0 Å². The van der Waals surface area contributed by atoms with Crippen molar-refractivity contribution in [2.24, 2.45) is 11.8 Å². The molecule has 0 aromatic carbocycles. The molecule has 3 unspecified atom stereocenters. The van der Waals surface area contributed by atoms with Crippen LogP contribution in [0.3, 0.4) is 0 Å². The van der Waals surface area contributed by atoms with Crippen LogP contribution in [0.25, 0.3) is 0 Å². The summed E-state index contributed by atoms with van der Waals surface area (Å²) in [6.07, 6.45) is 2.76. The van der Waals surface area contributed by atoms with Gasteiger partial charge in [0.25, 0.3) is 0 Å². The predicted molar refractivity (Wildman–Crippen MR) is 61.3 cm³/mol. The minimum atomic E-state index is 0.850. The first-order valence-electron chi connectivity index (χ1n) is 5.06. The number of fused-ring (bicyclic) bond motifs is 3. The van der Waals surface area contributed by atoms with E-state index >= 15 is 0 Å². The highest BCUT2D eigenvalue weighted by atomic mass is 79.9. The second-order valence-corrected chi connectivity index (χ2v) is 6.37. The van der Waals surface area contributed by atoms with E-state index in [4.69, 9.17) is 0 Å². The van der Waals surface area contributed by atoms with Gasteiger partial charge < -0.3 is 5.32 Å². The smallest absolute Gasteiger partial charge is 0.0314 e. The van der Waals surface area contributed by atoms with Crippen LogP contribution >= 0.6 is 27.7 Å². The van der Waals surface area contributed by atoms with E-state index in [0.717, 1.165) is 17.1 Å². The normalized spacial score (nSPS) is 43.6. The number of halogens is 1. The van der Waals surface area contributed by atoms with Crippen molar-refractivity contribution in [3.63, 3.8) is 0 Å². The fourth-order valence-electron chi connectivity index (χ4n) is 2.94. The average Bonchev–Trinajstić information content (AvgIpc) is 2.70. The van der Waals surface area contributed by atoms with Gasteiger partial charge in [-0.3, -0.25) is 0 Å². The van der Waals surface area contributed by atoms with Gasteiger partial charge >= 0.3 is 0 Å². The molecular formula is C10H14BrNS. The Balaban J connectivity index is 1.90. The van der Waals surface area contributed by atoms with Crippen LogP contribution < -0.4 is 5.32 Å². The van der Waals surface area contributed by atoms with Crippen LogP contribution in [0, 0.1) is 11.8 Å². The molecule has 2 heterocycles. The molecule has 3 heteroatoms. The first-order chi connectivity index (χ1) is 6.36. The number of thioether (sulfide) groups is 1. The van der Waals surface area contributed by atoms with Crippen LogP contribution in [0.15, 0.2) is 10.1 Å². The maximum absolute atomic E-state index is 3.72. The highest BCUT2D eigenvalue weighted by molar-refractivity contribution is 9.12. The van der Waals surface area contributed by atoms with E-state index in [1.807, 2.05) is 0 Å². The zero-order valence-corrected chi connectivity index (χ0v) is 9.96. The Kier molecular flexibility index (Phi) is 2.22. The lowest BCUT2D eigenvalue weighted by atomic mass is 9.78.